The number of methoxy groups -OCH3 is 2. The van der Waals surface area contributed by atoms with Gasteiger partial charge >= 0.3 is 0 Å². The number of likely N-dealkylation sites (tertiary alicyclic amines) is 1. The van der Waals surface area contributed by atoms with Crippen LogP contribution in [0, 0.1) is 5.92 Å². The zero-order chi connectivity index (χ0) is 14.4. The average molecular weight is 285 g/mol. The molecule has 0 aromatic heterocycles. The first-order valence-corrected chi connectivity index (χ1v) is 7.59. The Labute approximate surface area is 121 Å². The molecule has 116 valence electrons. The highest BCUT2D eigenvalue weighted by Gasteiger charge is 2.40. The van der Waals surface area contributed by atoms with Gasteiger partial charge in [0.05, 0.1) is 5.60 Å². The summed E-state index contributed by atoms with van der Waals surface area (Å²) in [5, 5.41) is 0. The Morgan fingerprint density at radius 3 is 2.70 bits per heavy atom. The van der Waals surface area contributed by atoms with Crippen LogP contribution in [0.2, 0.25) is 0 Å². The highest BCUT2D eigenvalue weighted by Crippen LogP contribution is 2.38. The summed E-state index contributed by atoms with van der Waals surface area (Å²) in [4.78, 5) is 13.7. The Morgan fingerprint density at radius 2 is 2.05 bits per heavy atom. The number of ether oxygens (including phenoxy) is 3. The van der Waals surface area contributed by atoms with Crippen molar-refractivity contribution in [3.8, 4) is 0 Å². The van der Waals surface area contributed by atoms with Gasteiger partial charge in [0.15, 0.2) is 0 Å². The second-order valence-electron chi connectivity index (χ2n) is 5.99. The van der Waals surface area contributed by atoms with Crippen molar-refractivity contribution in [1.29, 1.82) is 0 Å². The maximum Gasteiger partial charge on any atom is 0.248 e. The fourth-order valence-electron chi connectivity index (χ4n) is 3.39. The summed E-state index contributed by atoms with van der Waals surface area (Å²) in [5.74, 6) is 0.791. The molecule has 1 spiro atoms. The van der Waals surface area contributed by atoms with Gasteiger partial charge < -0.3 is 19.1 Å². The Bertz CT molecular complexity index is 313. The van der Waals surface area contributed by atoms with Crippen LogP contribution < -0.4 is 0 Å². The molecule has 0 bridgehead atoms. The molecule has 2 aliphatic rings. The van der Waals surface area contributed by atoms with E-state index in [1.165, 1.54) is 0 Å². The molecule has 2 fully saturated rings. The van der Waals surface area contributed by atoms with Gasteiger partial charge in [0.1, 0.15) is 6.61 Å². The summed E-state index contributed by atoms with van der Waals surface area (Å²) in [6, 6.07) is 0. The fraction of sp³-hybridized carbons (Fsp3) is 0.933. The van der Waals surface area contributed by atoms with Crippen molar-refractivity contribution >= 4 is 5.91 Å². The molecule has 0 aromatic carbocycles. The molecule has 0 N–H and O–H groups in total. The third kappa shape index (κ3) is 3.93. The topological polar surface area (TPSA) is 48.0 Å². The number of rotatable bonds is 5. The molecule has 0 radical (unpaired) electrons. The van der Waals surface area contributed by atoms with Gasteiger partial charge in [-0.05, 0) is 38.0 Å². The molecule has 0 aliphatic carbocycles. The van der Waals surface area contributed by atoms with Gasteiger partial charge in [-0.1, -0.05) is 0 Å². The van der Waals surface area contributed by atoms with Crippen molar-refractivity contribution in [2.75, 3.05) is 47.1 Å². The van der Waals surface area contributed by atoms with E-state index in [-0.39, 0.29) is 18.1 Å². The zero-order valence-corrected chi connectivity index (χ0v) is 12.7. The maximum atomic E-state index is 11.8. The van der Waals surface area contributed by atoms with E-state index >= 15 is 0 Å². The van der Waals surface area contributed by atoms with Crippen LogP contribution in [0.25, 0.3) is 0 Å². The number of carbonyl (C=O) groups is 1. The number of piperidine rings is 1. The van der Waals surface area contributed by atoms with Gasteiger partial charge in [0, 0.05) is 40.5 Å². The Morgan fingerprint density at radius 1 is 1.30 bits per heavy atom. The summed E-state index contributed by atoms with van der Waals surface area (Å²) in [5.41, 5.74) is 0.000506. The number of hydrogen-bond donors (Lipinski definition) is 0. The van der Waals surface area contributed by atoms with Crippen molar-refractivity contribution in [2.45, 2.75) is 37.7 Å². The van der Waals surface area contributed by atoms with Crippen molar-refractivity contribution in [1.82, 2.24) is 4.90 Å². The molecule has 0 saturated carbocycles. The van der Waals surface area contributed by atoms with Crippen molar-refractivity contribution in [3.05, 3.63) is 0 Å². The molecule has 2 heterocycles. The first-order chi connectivity index (χ1) is 9.69. The van der Waals surface area contributed by atoms with E-state index in [0.29, 0.717) is 5.92 Å². The smallest absolute Gasteiger partial charge is 0.248 e. The number of nitrogens with zero attached hydrogens (tertiary/aromatic N) is 1. The third-order valence-electron chi connectivity index (χ3n) is 4.62. The van der Waals surface area contributed by atoms with E-state index in [2.05, 4.69) is 0 Å². The highest BCUT2D eigenvalue weighted by molar-refractivity contribution is 5.77. The zero-order valence-electron chi connectivity index (χ0n) is 12.7. The van der Waals surface area contributed by atoms with Crippen molar-refractivity contribution < 1.29 is 19.0 Å². The van der Waals surface area contributed by atoms with Crippen LogP contribution >= 0.6 is 0 Å². The van der Waals surface area contributed by atoms with Crippen LogP contribution in [0.3, 0.4) is 0 Å². The minimum atomic E-state index is 0.000506. The molecular formula is C15H27NO4. The SMILES string of the molecule is COCCC1CCOC2(CCN(C(=O)COC)CC2)C1. The Balaban J connectivity index is 1.83. The van der Waals surface area contributed by atoms with Crippen LogP contribution in [0.5, 0.6) is 0 Å². The molecule has 1 atom stereocenters. The second kappa shape index (κ2) is 7.38. The summed E-state index contributed by atoms with van der Waals surface area (Å²) in [6.07, 6.45) is 5.27. The van der Waals surface area contributed by atoms with Crippen LogP contribution in [-0.2, 0) is 19.0 Å². The van der Waals surface area contributed by atoms with Crippen LogP contribution in [-0.4, -0.2) is 63.5 Å². The Kier molecular flexibility index (Phi) is 5.81. The lowest BCUT2D eigenvalue weighted by atomic mass is 9.78. The van der Waals surface area contributed by atoms with Gasteiger partial charge in [-0.3, -0.25) is 4.79 Å². The van der Waals surface area contributed by atoms with E-state index in [9.17, 15) is 4.79 Å². The molecule has 2 saturated heterocycles. The van der Waals surface area contributed by atoms with Gasteiger partial charge in [-0.25, -0.2) is 0 Å². The summed E-state index contributed by atoms with van der Waals surface area (Å²) in [7, 11) is 3.32. The predicted octanol–water partition coefficient (Wildman–Crippen LogP) is 1.46. The molecule has 2 rings (SSSR count). The van der Waals surface area contributed by atoms with E-state index in [4.69, 9.17) is 14.2 Å². The van der Waals surface area contributed by atoms with Gasteiger partial charge in [-0.2, -0.15) is 0 Å². The lowest BCUT2D eigenvalue weighted by molar-refractivity contribution is -0.150. The van der Waals surface area contributed by atoms with E-state index < -0.39 is 0 Å². The average Bonchev–Trinajstić information content (AvgIpc) is 2.46. The van der Waals surface area contributed by atoms with E-state index in [1.54, 1.807) is 14.2 Å². The lowest BCUT2D eigenvalue weighted by Gasteiger charge is -2.46. The summed E-state index contributed by atoms with van der Waals surface area (Å²) >= 11 is 0. The van der Waals surface area contributed by atoms with Crippen LogP contribution in [0.15, 0.2) is 0 Å². The van der Waals surface area contributed by atoms with Gasteiger partial charge in [0.2, 0.25) is 5.91 Å². The van der Waals surface area contributed by atoms with Gasteiger partial charge in [-0.15, -0.1) is 0 Å². The molecular weight excluding hydrogens is 258 g/mol. The normalized spacial score (nSPS) is 25.9. The third-order valence-corrected chi connectivity index (χ3v) is 4.62. The minimum absolute atomic E-state index is 0.000506. The second-order valence-corrected chi connectivity index (χ2v) is 5.99. The van der Waals surface area contributed by atoms with Crippen molar-refractivity contribution in [3.63, 3.8) is 0 Å². The van der Waals surface area contributed by atoms with Crippen LogP contribution in [0.4, 0.5) is 0 Å². The molecule has 1 unspecified atom stereocenters. The summed E-state index contributed by atoms with van der Waals surface area (Å²) in [6.45, 7) is 3.45. The standard InChI is InChI=1S/C15H27NO4/c1-18-9-3-13-4-10-20-15(11-13)5-7-16(8-6-15)14(17)12-19-2/h13H,3-12H2,1-2H3. The van der Waals surface area contributed by atoms with Crippen molar-refractivity contribution in [2.24, 2.45) is 5.92 Å². The summed E-state index contributed by atoms with van der Waals surface area (Å²) < 4.78 is 16.2. The highest BCUT2D eigenvalue weighted by atomic mass is 16.5. The molecule has 2 aliphatic heterocycles. The monoisotopic (exact) mass is 285 g/mol. The number of hydrogen-bond acceptors (Lipinski definition) is 4. The molecule has 20 heavy (non-hydrogen) atoms. The maximum absolute atomic E-state index is 11.8. The first kappa shape index (κ1) is 15.7. The van der Waals surface area contributed by atoms with Crippen LogP contribution in [0.1, 0.15) is 32.1 Å². The molecule has 1 amide bonds. The molecule has 5 nitrogen and oxygen atoms in total. The molecule has 0 aromatic rings. The van der Waals surface area contributed by atoms with Gasteiger partial charge in [0.25, 0.3) is 0 Å². The number of amides is 1. The number of carbonyl (C=O) groups excluding carboxylic acids is 1. The Hall–Kier alpha value is -0.650. The van der Waals surface area contributed by atoms with E-state index in [1.807, 2.05) is 4.90 Å². The minimum Gasteiger partial charge on any atom is -0.385 e. The predicted molar refractivity (Wildman–Crippen MR) is 75.6 cm³/mol. The lowest BCUT2D eigenvalue weighted by Crippen LogP contribution is -2.51. The largest absolute Gasteiger partial charge is 0.385 e. The first-order valence-electron chi connectivity index (χ1n) is 7.59. The molecule has 5 heteroatoms. The fourth-order valence-corrected chi connectivity index (χ4v) is 3.39. The van der Waals surface area contributed by atoms with E-state index in [0.717, 1.165) is 58.4 Å². The quantitative estimate of drug-likeness (QED) is 0.767.